The number of carboxylic acids is 1. The van der Waals surface area contributed by atoms with Crippen LogP contribution in [0, 0.1) is 6.92 Å². The summed E-state index contributed by atoms with van der Waals surface area (Å²) in [4.78, 5) is 22.1. The highest BCUT2D eigenvalue weighted by molar-refractivity contribution is 9.11. The molecule has 0 aliphatic carbocycles. The molecule has 1 atom stereocenters. The molecule has 0 fully saturated rings. The molecule has 1 rings (SSSR count). The van der Waals surface area contributed by atoms with E-state index >= 15 is 0 Å². The summed E-state index contributed by atoms with van der Waals surface area (Å²) in [5.41, 5.74) is 0.718. The molecule has 2 N–H and O–H groups in total. The van der Waals surface area contributed by atoms with Crippen molar-refractivity contribution in [2.75, 3.05) is 7.11 Å². The first-order valence-corrected chi connectivity index (χ1v) is 8.34. The van der Waals surface area contributed by atoms with Crippen LogP contribution in [0.5, 0.6) is 0 Å². The van der Waals surface area contributed by atoms with Crippen LogP contribution in [0.3, 0.4) is 0 Å². The van der Waals surface area contributed by atoms with Crippen molar-refractivity contribution in [1.29, 1.82) is 0 Å². The predicted octanol–water partition coefficient (Wildman–Crippen LogP) is 1.11. The van der Waals surface area contributed by atoms with Crippen LogP contribution in [0.1, 0.15) is 12.0 Å². The minimum Gasteiger partial charge on any atom is -0.480 e. The molecule has 20 heavy (non-hydrogen) atoms. The highest BCUT2D eigenvalue weighted by Crippen LogP contribution is 2.30. The summed E-state index contributed by atoms with van der Waals surface area (Å²) in [5, 5.41) is 8.95. The van der Waals surface area contributed by atoms with Gasteiger partial charge < -0.3 is 9.84 Å². The van der Waals surface area contributed by atoms with E-state index in [-0.39, 0.29) is 4.21 Å². The van der Waals surface area contributed by atoms with Gasteiger partial charge in [0, 0.05) is 0 Å². The maximum Gasteiger partial charge on any atom is 0.322 e. The molecule has 0 unspecified atom stereocenters. The molecule has 0 aliphatic rings. The summed E-state index contributed by atoms with van der Waals surface area (Å²) in [6.07, 6.45) is -0.587. The van der Waals surface area contributed by atoms with E-state index in [4.69, 9.17) is 5.11 Å². The van der Waals surface area contributed by atoms with Crippen LogP contribution in [0.25, 0.3) is 0 Å². The molecule has 0 spiro atoms. The number of halogens is 1. The summed E-state index contributed by atoms with van der Waals surface area (Å²) < 4.78 is 31.0. The molecule has 0 amide bonds. The lowest BCUT2D eigenvalue weighted by molar-refractivity contribution is -0.147. The fraction of sp³-hybridized carbons (Fsp3) is 0.400. The molecule has 0 aliphatic heterocycles. The lowest BCUT2D eigenvalue weighted by Gasteiger charge is -2.12. The van der Waals surface area contributed by atoms with Crippen molar-refractivity contribution >= 4 is 49.2 Å². The molecule has 0 saturated heterocycles. The minimum atomic E-state index is -4.01. The van der Waals surface area contributed by atoms with Gasteiger partial charge in [0.25, 0.3) is 10.0 Å². The van der Waals surface area contributed by atoms with E-state index in [0.717, 1.165) is 24.0 Å². The van der Waals surface area contributed by atoms with Crippen LogP contribution in [0.15, 0.2) is 14.1 Å². The highest BCUT2D eigenvalue weighted by atomic mass is 79.9. The Bertz CT molecular complexity index is 604. The molecule has 10 heteroatoms. The zero-order valence-electron chi connectivity index (χ0n) is 10.5. The Morgan fingerprint density at radius 1 is 1.55 bits per heavy atom. The Morgan fingerprint density at radius 2 is 2.15 bits per heavy atom. The summed E-state index contributed by atoms with van der Waals surface area (Å²) in [6.45, 7) is 1.71. The molecule has 0 bridgehead atoms. The fourth-order valence-electron chi connectivity index (χ4n) is 1.24. The average molecular weight is 386 g/mol. The monoisotopic (exact) mass is 385 g/mol. The quantitative estimate of drug-likeness (QED) is 0.709. The number of carboxylic acid groups (broad SMARTS) is 1. The van der Waals surface area contributed by atoms with Gasteiger partial charge in [0.05, 0.1) is 17.3 Å². The third kappa shape index (κ3) is 4.27. The molecule has 1 aromatic rings. The van der Waals surface area contributed by atoms with Crippen LogP contribution in [0.4, 0.5) is 0 Å². The van der Waals surface area contributed by atoms with Crippen molar-refractivity contribution in [1.82, 2.24) is 4.72 Å². The van der Waals surface area contributed by atoms with E-state index in [0.29, 0.717) is 3.79 Å². The highest BCUT2D eigenvalue weighted by Gasteiger charge is 2.29. The lowest BCUT2D eigenvalue weighted by Crippen LogP contribution is -2.42. The fourth-order valence-corrected chi connectivity index (χ4v) is 4.67. The molecule has 0 aromatic carbocycles. The Hall–Kier alpha value is -0.970. The number of aliphatic carboxylic acids is 1. The number of aryl methyl sites for hydroxylation is 1. The van der Waals surface area contributed by atoms with Gasteiger partial charge >= 0.3 is 11.9 Å². The Morgan fingerprint density at radius 3 is 2.55 bits per heavy atom. The maximum atomic E-state index is 12.0. The maximum absolute atomic E-state index is 12.0. The Kier molecular flexibility index (Phi) is 5.68. The first-order chi connectivity index (χ1) is 9.17. The summed E-state index contributed by atoms with van der Waals surface area (Å²) >= 11 is 4.15. The second-order valence-corrected chi connectivity index (χ2v) is 8.13. The number of nitrogens with one attached hydrogen (secondary N) is 1. The SMILES string of the molecule is COC(=O)C[C@H](NS(=O)(=O)c1cc(C)c(Br)s1)C(=O)O. The van der Waals surface area contributed by atoms with Crippen molar-refractivity contribution in [3.05, 3.63) is 15.4 Å². The normalized spacial score (nSPS) is 12.9. The molecule has 1 aromatic heterocycles. The topological polar surface area (TPSA) is 110 Å². The zero-order chi connectivity index (χ0) is 15.5. The van der Waals surface area contributed by atoms with Crippen LogP contribution >= 0.6 is 27.3 Å². The van der Waals surface area contributed by atoms with Crippen molar-refractivity contribution in [3.8, 4) is 0 Å². The van der Waals surface area contributed by atoms with E-state index in [9.17, 15) is 18.0 Å². The number of carbonyl (C=O) groups excluding carboxylic acids is 1. The van der Waals surface area contributed by atoms with Crippen molar-refractivity contribution < 1.29 is 27.9 Å². The second kappa shape index (κ2) is 6.66. The summed E-state index contributed by atoms with van der Waals surface area (Å²) in [7, 11) is -2.92. The van der Waals surface area contributed by atoms with Gasteiger partial charge in [0.2, 0.25) is 0 Å². The number of hydrogen-bond donors (Lipinski definition) is 2. The number of esters is 1. The number of thiophene rings is 1. The molecule has 1 heterocycles. The van der Waals surface area contributed by atoms with Gasteiger partial charge in [-0.25, -0.2) is 8.42 Å². The number of rotatable bonds is 6. The largest absolute Gasteiger partial charge is 0.480 e. The Labute approximate surface area is 128 Å². The van der Waals surface area contributed by atoms with Crippen molar-refractivity contribution in [2.45, 2.75) is 23.6 Å². The summed E-state index contributed by atoms with van der Waals surface area (Å²) in [6, 6.07) is -0.164. The third-order valence-electron chi connectivity index (χ3n) is 2.29. The number of ether oxygens (including phenoxy) is 1. The van der Waals surface area contributed by atoms with Crippen LogP contribution in [0.2, 0.25) is 0 Å². The van der Waals surface area contributed by atoms with E-state index in [1.165, 1.54) is 6.07 Å². The lowest BCUT2D eigenvalue weighted by atomic mass is 10.2. The standard InChI is InChI=1S/C10H12BrNO6S2/c1-5-3-8(19-9(5)11)20(16,17)12-6(10(14)15)4-7(13)18-2/h3,6,12H,4H2,1-2H3,(H,14,15)/t6-/m0/s1. The van der Waals surface area contributed by atoms with E-state index in [1.807, 2.05) is 4.72 Å². The first-order valence-electron chi connectivity index (χ1n) is 5.25. The van der Waals surface area contributed by atoms with Gasteiger partial charge in [-0.15, -0.1) is 11.3 Å². The van der Waals surface area contributed by atoms with Crippen molar-refractivity contribution in [3.63, 3.8) is 0 Å². The predicted molar refractivity (Wildman–Crippen MR) is 75.1 cm³/mol. The second-order valence-electron chi connectivity index (χ2n) is 3.81. The van der Waals surface area contributed by atoms with Gasteiger partial charge in [-0.3, -0.25) is 9.59 Å². The van der Waals surface area contributed by atoms with Gasteiger partial charge in [-0.1, -0.05) is 0 Å². The van der Waals surface area contributed by atoms with Crippen LogP contribution < -0.4 is 4.72 Å². The third-order valence-corrected chi connectivity index (χ3v) is 6.38. The Balaban J connectivity index is 2.97. The smallest absolute Gasteiger partial charge is 0.322 e. The van der Waals surface area contributed by atoms with Gasteiger partial charge in [-0.05, 0) is 34.5 Å². The molecule has 112 valence electrons. The molecular formula is C10H12BrNO6S2. The van der Waals surface area contributed by atoms with E-state index in [2.05, 4.69) is 20.7 Å². The van der Waals surface area contributed by atoms with Crippen molar-refractivity contribution in [2.24, 2.45) is 0 Å². The minimum absolute atomic E-state index is 0.0296. The molecule has 7 nitrogen and oxygen atoms in total. The number of hydrogen-bond acceptors (Lipinski definition) is 6. The average Bonchev–Trinajstić information content (AvgIpc) is 2.69. The van der Waals surface area contributed by atoms with E-state index in [1.54, 1.807) is 6.92 Å². The first kappa shape index (κ1) is 17.1. The summed E-state index contributed by atoms with van der Waals surface area (Å²) in [5.74, 6) is -2.27. The molecule has 0 radical (unpaired) electrons. The number of methoxy groups -OCH3 is 1. The number of carbonyl (C=O) groups is 2. The molecule has 0 saturated carbocycles. The van der Waals surface area contributed by atoms with Crippen LogP contribution in [-0.2, 0) is 24.3 Å². The van der Waals surface area contributed by atoms with Gasteiger partial charge in [0.1, 0.15) is 10.3 Å². The van der Waals surface area contributed by atoms with Gasteiger partial charge in [0.15, 0.2) is 0 Å². The number of sulfonamides is 1. The van der Waals surface area contributed by atoms with E-state index < -0.39 is 34.4 Å². The molecular weight excluding hydrogens is 374 g/mol. The van der Waals surface area contributed by atoms with Crippen LogP contribution in [-0.4, -0.2) is 38.6 Å². The zero-order valence-corrected chi connectivity index (χ0v) is 13.8. The van der Waals surface area contributed by atoms with Gasteiger partial charge in [-0.2, -0.15) is 4.72 Å².